The van der Waals surface area contributed by atoms with E-state index in [0.717, 1.165) is 24.0 Å². The van der Waals surface area contributed by atoms with Crippen LogP contribution in [-0.4, -0.2) is 33.2 Å². The lowest BCUT2D eigenvalue weighted by atomic mass is 10.1. The number of carbonyl (C=O) groups excluding carboxylic acids is 1. The Bertz CT molecular complexity index is 1060. The van der Waals surface area contributed by atoms with Crippen LogP contribution in [0.25, 0.3) is 0 Å². The highest BCUT2D eigenvalue weighted by atomic mass is 35.5. The van der Waals surface area contributed by atoms with E-state index in [0.29, 0.717) is 22.5 Å². The number of halogens is 4. The van der Waals surface area contributed by atoms with Gasteiger partial charge in [0.05, 0.1) is 22.5 Å². The van der Waals surface area contributed by atoms with Gasteiger partial charge in [0.25, 0.3) is 0 Å². The van der Waals surface area contributed by atoms with Crippen LogP contribution < -0.4 is 9.21 Å². The fourth-order valence-corrected chi connectivity index (χ4v) is 4.53. The number of carbonyl (C=O) groups is 1. The Morgan fingerprint density at radius 1 is 1.24 bits per heavy atom. The minimum Gasteiger partial charge on any atom is -0.307 e. The number of benzene rings is 2. The minimum absolute atomic E-state index is 0.203. The van der Waals surface area contributed by atoms with Crippen molar-refractivity contribution in [2.75, 3.05) is 22.0 Å². The standard InChI is InChI=1S/C19H18ClF3N2O3S/c1-12-9-13-5-3-4-6-16(13)25(12)18(26)11-24(29(2,27)28)17-10-14(19(21,22)23)7-8-15(17)20/h3-8,10,12H,9,11H2,1-2H3. The predicted molar refractivity (Wildman–Crippen MR) is 106 cm³/mol. The van der Waals surface area contributed by atoms with Gasteiger partial charge in [-0.3, -0.25) is 9.10 Å². The fraction of sp³-hybridized carbons (Fsp3) is 0.316. The van der Waals surface area contributed by atoms with Crippen molar-refractivity contribution in [2.45, 2.75) is 25.6 Å². The molecule has 0 saturated carbocycles. The Labute approximate surface area is 171 Å². The van der Waals surface area contributed by atoms with Crippen LogP contribution in [0, 0.1) is 0 Å². The third-order valence-electron chi connectivity index (χ3n) is 4.70. The van der Waals surface area contributed by atoms with Crippen molar-refractivity contribution in [3.8, 4) is 0 Å². The molecule has 1 amide bonds. The van der Waals surface area contributed by atoms with Gasteiger partial charge >= 0.3 is 6.18 Å². The Hall–Kier alpha value is -2.26. The summed E-state index contributed by atoms with van der Waals surface area (Å²) in [5.74, 6) is -0.554. The average molecular weight is 447 g/mol. The first-order valence-corrected chi connectivity index (χ1v) is 10.9. The zero-order chi connectivity index (χ0) is 21.6. The molecule has 0 aromatic heterocycles. The monoisotopic (exact) mass is 446 g/mol. The largest absolute Gasteiger partial charge is 0.416 e. The van der Waals surface area contributed by atoms with Crippen LogP contribution in [-0.2, 0) is 27.4 Å². The molecular weight excluding hydrogens is 429 g/mol. The van der Waals surface area contributed by atoms with Crippen LogP contribution in [0.2, 0.25) is 5.02 Å². The summed E-state index contributed by atoms with van der Waals surface area (Å²) < 4.78 is 64.6. The number of fused-ring (bicyclic) bond motifs is 1. The number of hydrogen-bond acceptors (Lipinski definition) is 3. The topological polar surface area (TPSA) is 57.7 Å². The van der Waals surface area contributed by atoms with Gasteiger partial charge in [0.15, 0.2) is 0 Å². The molecule has 3 rings (SSSR count). The number of hydrogen-bond donors (Lipinski definition) is 0. The van der Waals surface area contributed by atoms with Gasteiger partial charge in [-0.15, -0.1) is 0 Å². The van der Waals surface area contributed by atoms with E-state index in [1.54, 1.807) is 12.1 Å². The molecule has 0 fully saturated rings. The molecule has 1 atom stereocenters. The van der Waals surface area contributed by atoms with Crippen LogP contribution in [0.3, 0.4) is 0 Å². The smallest absolute Gasteiger partial charge is 0.307 e. The Kier molecular flexibility index (Phi) is 5.57. The zero-order valence-electron chi connectivity index (χ0n) is 15.6. The van der Waals surface area contributed by atoms with Crippen LogP contribution in [0.4, 0.5) is 24.5 Å². The van der Waals surface area contributed by atoms with Crippen molar-refractivity contribution >= 4 is 38.9 Å². The second-order valence-electron chi connectivity index (χ2n) is 6.88. The van der Waals surface area contributed by atoms with Crippen LogP contribution >= 0.6 is 11.6 Å². The molecule has 2 aromatic rings. The number of alkyl halides is 3. The van der Waals surface area contributed by atoms with Gasteiger partial charge in [0.1, 0.15) is 6.54 Å². The van der Waals surface area contributed by atoms with E-state index in [1.165, 1.54) is 4.90 Å². The maximum atomic E-state index is 13.1. The molecule has 5 nitrogen and oxygen atoms in total. The van der Waals surface area contributed by atoms with Gasteiger partial charge in [-0.25, -0.2) is 8.42 Å². The van der Waals surface area contributed by atoms with Gasteiger partial charge in [0.2, 0.25) is 15.9 Å². The Morgan fingerprint density at radius 2 is 1.90 bits per heavy atom. The third kappa shape index (κ3) is 4.35. The molecule has 0 N–H and O–H groups in total. The van der Waals surface area contributed by atoms with Crippen molar-refractivity contribution in [3.63, 3.8) is 0 Å². The summed E-state index contributed by atoms with van der Waals surface area (Å²) in [6.07, 6.45) is -3.27. The number of para-hydroxylation sites is 1. The lowest BCUT2D eigenvalue weighted by molar-refractivity contribution is -0.137. The number of rotatable bonds is 4. The Balaban J connectivity index is 1.99. The maximum Gasteiger partial charge on any atom is 0.416 e. The van der Waals surface area contributed by atoms with Gasteiger partial charge < -0.3 is 4.90 Å². The molecule has 0 saturated heterocycles. The summed E-state index contributed by atoms with van der Waals surface area (Å²) in [5, 5.41) is -0.203. The van der Waals surface area contributed by atoms with E-state index in [9.17, 15) is 26.4 Å². The number of anilines is 2. The highest BCUT2D eigenvalue weighted by Crippen LogP contribution is 2.37. The summed E-state index contributed by atoms with van der Waals surface area (Å²) in [6, 6.07) is 9.37. The summed E-state index contributed by atoms with van der Waals surface area (Å²) in [6.45, 7) is 1.15. The van der Waals surface area contributed by atoms with Gasteiger partial charge in [-0.2, -0.15) is 13.2 Å². The molecule has 156 valence electrons. The maximum absolute atomic E-state index is 13.1. The molecule has 29 heavy (non-hydrogen) atoms. The first-order chi connectivity index (χ1) is 13.4. The van der Waals surface area contributed by atoms with E-state index in [4.69, 9.17) is 11.6 Å². The molecule has 0 aliphatic carbocycles. The average Bonchev–Trinajstić information content (AvgIpc) is 2.94. The predicted octanol–water partition coefficient (Wildman–Crippen LogP) is 4.10. The number of nitrogens with zero attached hydrogens (tertiary/aromatic N) is 2. The first kappa shape index (κ1) is 21.4. The highest BCUT2D eigenvalue weighted by molar-refractivity contribution is 7.92. The van der Waals surface area contributed by atoms with E-state index < -0.39 is 39.9 Å². The fourth-order valence-electron chi connectivity index (χ4n) is 3.41. The molecule has 0 bridgehead atoms. The molecule has 1 unspecified atom stereocenters. The van der Waals surface area contributed by atoms with Crippen molar-refractivity contribution in [1.29, 1.82) is 0 Å². The summed E-state index contributed by atoms with van der Waals surface area (Å²) >= 11 is 6.00. The molecule has 1 aliphatic heterocycles. The molecule has 0 spiro atoms. The van der Waals surface area contributed by atoms with Gasteiger partial charge in [0, 0.05) is 11.7 Å². The van der Waals surface area contributed by atoms with Gasteiger partial charge in [-0.1, -0.05) is 29.8 Å². The molecule has 0 radical (unpaired) electrons. The minimum atomic E-state index is -4.69. The molecule has 1 aliphatic rings. The van der Waals surface area contributed by atoms with Gasteiger partial charge in [-0.05, 0) is 43.2 Å². The normalized spacial score (nSPS) is 16.6. The second-order valence-corrected chi connectivity index (χ2v) is 9.19. The van der Waals surface area contributed by atoms with E-state index in [1.807, 2.05) is 19.1 Å². The number of sulfonamides is 1. The molecule has 10 heteroatoms. The lowest BCUT2D eigenvalue weighted by Gasteiger charge is -2.28. The molecule has 1 heterocycles. The molecular formula is C19H18ClF3N2O3S. The van der Waals surface area contributed by atoms with E-state index in [2.05, 4.69) is 0 Å². The second kappa shape index (κ2) is 7.53. The van der Waals surface area contributed by atoms with Crippen LogP contribution in [0.15, 0.2) is 42.5 Å². The van der Waals surface area contributed by atoms with Crippen LogP contribution in [0.1, 0.15) is 18.1 Å². The van der Waals surface area contributed by atoms with Crippen LogP contribution in [0.5, 0.6) is 0 Å². The SMILES string of the molecule is CC1Cc2ccccc2N1C(=O)CN(c1cc(C(F)(F)F)ccc1Cl)S(C)(=O)=O. The first-order valence-electron chi connectivity index (χ1n) is 8.64. The van der Waals surface area contributed by atoms with Crippen molar-refractivity contribution in [1.82, 2.24) is 0 Å². The highest BCUT2D eigenvalue weighted by Gasteiger charge is 2.35. The third-order valence-corrected chi connectivity index (χ3v) is 6.14. The zero-order valence-corrected chi connectivity index (χ0v) is 17.1. The van der Waals surface area contributed by atoms with Crippen molar-refractivity contribution in [3.05, 3.63) is 58.6 Å². The van der Waals surface area contributed by atoms with E-state index in [-0.39, 0.29) is 11.1 Å². The van der Waals surface area contributed by atoms with E-state index >= 15 is 0 Å². The Morgan fingerprint density at radius 3 is 2.52 bits per heavy atom. The quantitative estimate of drug-likeness (QED) is 0.710. The number of amides is 1. The summed E-state index contributed by atoms with van der Waals surface area (Å²) in [5.41, 5.74) is 0.153. The lowest BCUT2D eigenvalue weighted by Crippen LogP contribution is -2.45. The summed E-state index contributed by atoms with van der Waals surface area (Å²) in [4.78, 5) is 14.5. The summed E-state index contributed by atoms with van der Waals surface area (Å²) in [7, 11) is -4.09. The van der Waals surface area contributed by atoms with Crippen molar-refractivity contribution < 1.29 is 26.4 Å². The van der Waals surface area contributed by atoms with Crippen molar-refractivity contribution in [2.24, 2.45) is 0 Å². The molecule has 2 aromatic carbocycles.